The smallest absolute Gasteiger partial charge is 0.347 e. The molecular weight excluding hydrogens is 297 g/mol. The molecule has 1 heterocycles. The number of halogens is 2. The Labute approximate surface area is 118 Å². The number of ether oxygens (including phenoxy) is 1. The molecule has 8 heteroatoms. The summed E-state index contributed by atoms with van der Waals surface area (Å²) in [6.07, 6.45) is 1.07. The minimum Gasteiger partial charge on any atom is -0.480 e. The number of carbonyl (C=O) groups excluding carboxylic acids is 2. The summed E-state index contributed by atoms with van der Waals surface area (Å²) < 4.78 is 4.46. The third kappa shape index (κ3) is 3.42. The molecule has 0 bridgehead atoms. The molecule has 0 aliphatic carbocycles. The first-order chi connectivity index (χ1) is 8.66. The molecule has 1 rings (SSSR count). The van der Waals surface area contributed by atoms with Crippen LogP contribution in [0.4, 0.5) is 0 Å². The van der Waals surface area contributed by atoms with Crippen LogP contribution < -0.4 is 0 Å². The summed E-state index contributed by atoms with van der Waals surface area (Å²) in [4.78, 5) is 37.6. The molecule has 0 amide bonds. The highest BCUT2D eigenvalue weighted by Gasteiger charge is 2.39. The van der Waals surface area contributed by atoms with E-state index in [1.165, 1.54) is 6.07 Å². The van der Waals surface area contributed by atoms with E-state index in [9.17, 15) is 14.4 Å². The lowest BCUT2D eigenvalue weighted by Gasteiger charge is -2.16. The van der Waals surface area contributed by atoms with Crippen LogP contribution >= 0.6 is 23.2 Å². The quantitative estimate of drug-likeness (QED) is 0.522. The van der Waals surface area contributed by atoms with Crippen molar-refractivity contribution in [2.45, 2.75) is 13.8 Å². The van der Waals surface area contributed by atoms with E-state index in [-0.39, 0.29) is 15.7 Å². The summed E-state index contributed by atoms with van der Waals surface area (Å²) >= 11 is 11.2. The van der Waals surface area contributed by atoms with Crippen LogP contribution in [0.3, 0.4) is 0 Å². The lowest BCUT2D eigenvalue weighted by atomic mass is 9.94. The van der Waals surface area contributed by atoms with Crippen molar-refractivity contribution in [3.63, 3.8) is 0 Å². The van der Waals surface area contributed by atoms with Crippen molar-refractivity contribution < 1.29 is 24.2 Å². The second-order valence-corrected chi connectivity index (χ2v) is 4.87. The van der Waals surface area contributed by atoms with Gasteiger partial charge in [-0.3, -0.25) is 9.59 Å². The number of carboxylic acid groups (broad SMARTS) is 1. The second-order valence-electron chi connectivity index (χ2n) is 4.10. The third-order valence-corrected chi connectivity index (χ3v) is 2.95. The molecule has 1 N–H and O–H groups in total. The lowest BCUT2D eigenvalue weighted by molar-refractivity contribution is -0.162. The molecule has 0 saturated heterocycles. The molecule has 1 aromatic rings. The second kappa shape index (κ2) is 5.54. The molecule has 19 heavy (non-hydrogen) atoms. The van der Waals surface area contributed by atoms with E-state index >= 15 is 0 Å². The Bertz CT molecular complexity index is 556. The largest absolute Gasteiger partial charge is 0.480 e. The molecule has 0 fully saturated rings. The van der Waals surface area contributed by atoms with Crippen LogP contribution in [0.25, 0.3) is 0 Å². The average Bonchev–Trinajstić information content (AvgIpc) is 2.32. The fourth-order valence-electron chi connectivity index (χ4n) is 0.891. The van der Waals surface area contributed by atoms with E-state index in [0.717, 1.165) is 20.0 Å². The number of aromatic nitrogens is 1. The van der Waals surface area contributed by atoms with Crippen LogP contribution in [0, 0.1) is 5.41 Å². The summed E-state index contributed by atoms with van der Waals surface area (Å²) in [6, 6.07) is 1.17. The highest BCUT2D eigenvalue weighted by atomic mass is 35.5. The summed E-state index contributed by atoms with van der Waals surface area (Å²) in [7, 11) is 0. The average molecular weight is 306 g/mol. The number of hydrogen-bond acceptors (Lipinski definition) is 5. The lowest BCUT2D eigenvalue weighted by Crippen LogP contribution is -2.36. The van der Waals surface area contributed by atoms with Gasteiger partial charge in [0.1, 0.15) is 5.15 Å². The first-order valence-corrected chi connectivity index (χ1v) is 5.73. The number of rotatable bonds is 3. The summed E-state index contributed by atoms with van der Waals surface area (Å²) in [5, 5.41) is 8.82. The van der Waals surface area contributed by atoms with E-state index in [0.29, 0.717) is 0 Å². The zero-order chi connectivity index (χ0) is 14.8. The molecule has 0 aromatic carbocycles. The molecule has 0 unspecified atom stereocenters. The number of pyridine rings is 1. The van der Waals surface area contributed by atoms with Gasteiger partial charge in [0.25, 0.3) is 0 Å². The van der Waals surface area contributed by atoms with Crippen molar-refractivity contribution in [1.82, 2.24) is 4.98 Å². The van der Waals surface area contributed by atoms with Gasteiger partial charge < -0.3 is 9.84 Å². The van der Waals surface area contributed by atoms with Crippen LogP contribution in [-0.4, -0.2) is 28.0 Å². The third-order valence-electron chi connectivity index (χ3n) is 2.26. The molecule has 0 atom stereocenters. The van der Waals surface area contributed by atoms with Gasteiger partial charge in [0, 0.05) is 6.20 Å². The number of nitrogens with zero attached hydrogens (tertiary/aromatic N) is 1. The van der Waals surface area contributed by atoms with E-state index in [1.54, 1.807) is 0 Å². The van der Waals surface area contributed by atoms with Gasteiger partial charge in [-0.1, -0.05) is 23.2 Å². The van der Waals surface area contributed by atoms with Gasteiger partial charge in [-0.2, -0.15) is 0 Å². The zero-order valence-corrected chi connectivity index (χ0v) is 11.4. The Kier molecular flexibility index (Phi) is 4.49. The van der Waals surface area contributed by atoms with Crippen molar-refractivity contribution in [3.8, 4) is 0 Å². The maximum Gasteiger partial charge on any atom is 0.347 e. The predicted molar refractivity (Wildman–Crippen MR) is 66.1 cm³/mol. The van der Waals surface area contributed by atoms with Crippen molar-refractivity contribution in [3.05, 3.63) is 28.0 Å². The maximum absolute atomic E-state index is 11.6. The molecule has 102 valence electrons. The Morgan fingerprint density at radius 2 is 1.89 bits per heavy atom. The van der Waals surface area contributed by atoms with E-state index in [4.69, 9.17) is 28.3 Å². The van der Waals surface area contributed by atoms with Crippen molar-refractivity contribution in [1.29, 1.82) is 0 Å². The highest BCUT2D eigenvalue weighted by molar-refractivity contribution is 6.41. The van der Waals surface area contributed by atoms with Crippen molar-refractivity contribution in [2.24, 2.45) is 5.41 Å². The Balaban J connectivity index is 2.89. The zero-order valence-electron chi connectivity index (χ0n) is 9.94. The SMILES string of the molecule is CC(C)(C(=O)O)C(=O)OC(=O)c1cnc(Cl)c(Cl)c1. The van der Waals surface area contributed by atoms with Gasteiger partial charge in [-0.25, -0.2) is 9.78 Å². The molecular formula is C11H9Cl2NO5. The van der Waals surface area contributed by atoms with Gasteiger partial charge in [-0.05, 0) is 19.9 Å². The highest BCUT2D eigenvalue weighted by Crippen LogP contribution is 2.22. The Morgan fingerprint density at radius 3 is 2.37 bits per heavy atom. The molecule has 6 nitrogen and oxygen atoms in total. The molecule has 0 aliphatic rings. The van der Waals surface area contributed by atoms with Gasteiger partial charge in [0.2, 0.25) is 0 Å². The Morgan fingerprint density at radius 1 is 1.32 bits per heavy atom. The van der Waals surface area contributed by atoms with Crippen molar-refractivity contribution in [2.75, 3.05) is 0 Å². The number of carbonyl (C=O) groups is 3. The summed E-state index contributed by atoms with van der Waals surface area (Å²) in [6.45, 7) is 2.25. The maximum atomic E-state index is 11.6. The number of hydrogen-bond donors (Lipinski definition) is 1. The molecule has 0 radical (unpaired) electrons. The standard InChI is InChI=1S/C11H9Cl2NO5/c1-11(2,9(16)17)10(18)19-8(15)5-3-6(12)7(13)14-4-5/h3-4H,1-2H3,(H,16,17). The van der Waals surface area contributed by atoms with E-state index in [1.807, 2.05) is 0 Å². The molecule has 1 aromatic heterocycles. The minimum absolute atomic E-state index is 0.00425. The van der Waals surface area contributed by atoms with Gasteiger partial charge in [0.05, 0.1) is 10.6 Å². The monoisotopic (exact) mass is 305 g/mol. The summed E-state index contributed by atoms with van der Waals surface area (Å²) in [5.74, 6) is -3.64. The number of aliphatic carboxylic acids is 1. The number of esters is 2. The van der Waals surface area contributed by atoms with Crippen molar-refractivity contribution >= 4 is 41.1 Å². The molecule has 0 aliphatic heterocycles. The van der Waals surface area contributed by atoms with Crippen LogP contribution in [-0.2, 0) is 14.3 Å². The van der Waals surface area contributed by atoms with Gasteiger partial charge in [-0.15, -0.1) is 0 Å². The predicted octanol–water partition coefficient (Wildman–Crippen LogP) is 2.18. The minimum atomic E-state index is -1.83. The molecule has 0 spiro atoms. The van der Waals surface area contributed by atoms with E-state index in [2.05, 4.69) is 9.72 Å². The summed E-state index contributed by atoms with van der Waals surface area (Å²) in [5.41, 5.74) is -1.94. The normalized spacial score (nSPS) is 10.9. The first kappa shape index (κ1) is 15.4. The first-order valence-electron chi connectivity index (χ1n) is 4.97. The van der Waals surface area contributed by atoms with Gasteiger partial charge in [0.15, 0.2) is 5.41 Å². The van der Waals surface area contributed by atoms with Crippen LogP contribution in [0.1, 0.15) is 24.2 Å². The fraction of sp³-hybridized carbons (Fsp3) is 0.273. The van der Waals surface area contributed by atoms with Gasteiger partial charge >= 0.3 is 17.9 Å². The van der Waals surface area contributed by atoms with Crippen LogP contribution in [0.15, 0.2) is 12.3 Å². The molecule has 0 saturated carbocycles. The van der Waals surface area contributed by atoms with Crippen LogP contribution in [0.2, 0.25) is 10.2 Å². The van der Waals surface area contributed by atoms with E-state index < -0.39 is 23.3 Å². The fourth-order valence-corrected chi connectivity index (χ4v) is 1.16. The Hall–Kier alpha value is -1.66. The number of carboxylic acids is 1. The van der Waals surface area contributed by atoms with Crippen LogP contribution in [0.5, 0.6) is 0 Å². The topological polar surface area (TPSA) is 93.6 Å².